The predicted molar refractivity (Wildman–Crippen MR) is 115 cm³/mol. The third kappa shape index (κ3) is 3.36. The zero-order valence-corrected chi connectivity index (χ0v) is 17.0. The fraction of sp³-hybridized carbons (Fsp3) is 0.400. The molecule has 150 valence electrons. The lowest BCUT2D eigenvalue weighted by Crippen LogP contribution is -2.35. The summed E-state index contributed by atoms with van der Waals surface area (Å²) in [5.74, 6) is 2.35. The van der Waals surface area contributed by atoms with Crippen LogP contribution in [0.3, 0.4) is 0 Å². The number of phenolic OH excluding ortho intramolecular Hbond substituents is 1. The molecule has 0 unspecified atom stereocenters. The molecule has 0 saturated heterocycles. The van der Waals surface area contributed by atoms with E-state index in [9.17, 15) is 9.90 Å². The van der Waals surface area contributed by atoms with E-state index in [0.29, 0.717) is 34.9 Å². The highest BCUT2D eigenvalue weighted by Crippen LogP contribution is 2.47. The number of fused-ring (bicyclic) bond motifs is 1. The van der Waals surface area contributed by atoms with Crippen molar-refractivity contribution in [1.82, 2.24) is 4.90 Å². The lowest BCUT2D eigenvalue weighted by atomic mass is 10.00. The topological polar surface area (TPSA) is 53.7 Å². The molecule has 4 nitrogen and oxygen atoms in total. The Hall–Kier alpha value is -2.59. The number of aromatic hydroxyl groups is 1. The molecule has 2 aliphatic carbocycles. The summed E-state index contributed by atoms with van der Waals surface area (Å²) < 4.78 is 6.19. The minimum atomic E-state index is -0.0419. The van der Waals surface area contributed by atoms with E-state index < -0.39 is 0 Å². The monoisotopic (exact) mass is 389 g/mol. The Morgan fingerprint density at radius 1 is 1.07 bits per heavy atom. The van der Waals surface area contributed by atoms with Gasteiger partial charge in [-0.3, -0.25) is 9.69 Å². The highest BCUT2D eigenvalue weighted by molar-refractivity contribution is 5.86. The summed E-state index contributed by atoms with van der Waals surface area (Å²) in [6, 6.07) is 13.5. The van der Waals surface area contributed by atoms with Gasteiger partial charge in [0, 0.05) is 12.6 Å². The van der Waals surface area contributed by atoms with Gasteiger partial charge in [-0.15, -0.1) is 0 Å². The van der Waals surface area contributed by atoms with Gasteiger partial charge < -0.3 is 9.52 Å². The largest absolute Gasteiger partial charge is 0.507 e. The second-order valence-electron chi connectivity index (χ2n) is 8.75. The molecule has 4 heteroatoms. The van der Waals surface area contributed by atoms with Crippen LogP contribution in [0.5, 0.6) is 5.75 Å². The number of aryl methyl sites for hydroxylation is 1. The molecule has 0 spiro atoms. The van der Waals surface area contributed by atoms with Crippen LogP contribution < -0.4 is 5.43 Å². The Morgan fingerprint density at radius 3 is 2.34 bits per heavy atom. The van der Waals surface area contributed by atoms with Gasteiger partial charge in [0.2, 0.25) is 5.43 Å². The van der Waals surface area contributed by atoms with Crippen LogP contribution in [0.25, 0.3) is 22.1 Å². The number of benzene rings is 2. The smallest absolute Gasteiger partial charge is 0.200 e. The molecule has 0 radical (unpaired) electrons. The summed E-state index contributed by atoms with van der Waals surface area (Å²) in [6.45, 7) is 2.42. The quantitative estimate of drug-likeness (QED) is 0.638. The summed E-state index contributed by atoms with van der Waals surface area (Å²) in [7, 11) is 2.14. The number of rotatable bonds is 6. The van der Waals surface area contributed by atoms with E-state index in [0.717, 1.165) is 23.0 Å². The Bertz CT molecular complexity index is 1100. The first-order valence-electron chi connectivity index (χ1n) is 10.6. The summed E-state index contributed by atoms with van der Waals surface area (Å²) >= 11 is 0. The van der Waals surface area contributed by atoms with Gasteiger partial charge in [0.15, 0.2) is 0 Å². The molecule has 1 aromatic heterocycles. The lowest BCUT2D eigenvalue weighted by Gasteiger charge is -2.28. The van der Waals surface area contributed by atoms with Crippen LogP contribution in [-0.2, 0) is 6.54 Å². The zero-order valence-electron chi connectivity index (χ0n) is 17.0. The van der Waals surface area contributed by atoms with Crippen LogP contribution in [0.4, 0.5) is 0 Å². The van der Waals surface area contributed by atoms with Crippen molar-refractivity contribution in [3.8, 4) is 16.9 Å². The number of phenols is 1. The Morgan fingerprint density at radius 2 is 1.72 bits per heavy atom. The van der Waals surface area contributed by atoms with Crippen molar-refractivity contribution >= 4 is 11.0 Å². The van der Waals surface area contributed by atoms with Crippen LogP contribution in [-0.4, -0.2) is 23.1 Å². The van der Waals surface area contributed by atoms with Gasteiger partial charge in [0.25, 0.3) is 0 Å². The molecular formula is C25H27NO3. The Balaban J connectivity index is 1.59. The predicted octanol–water partition coefficient (Wildman–Crippen LogP) is 5.09. The van der Waals surface area contributed by atoms with E-state index in [4.69, 9.17) is 4.42 Å². The minimum Gasteiger partial charge on any atom is -0.507 e. The first-order chi connectivity index (χ1) is 14.0. The fourth-order valence-corrected chi connectivity index (χ4v) is 4.84. The van der Waals surface area contributed by atoms with E-state index in [1.165, 1.54) is 25.7 Å². The van der Waals surface area contributed by atoms with Crippen molar-refractivity contribution < 1.29 is 9.52 Å². The molecular weight excluding hydrogens is 362 g/mol. The van der Waals surface area contributed by atoms with Crippen molar-refractivity contribution in [3.05, 3.63) is 64.0 Å². The van der Waals surface area contributed by atoms with E-state index in [-0.39, 0.29) is 11.2 Å². The van der Waals surface area contributed by atoms with Gasteiger partial charge in [-0.25, -0.2) is 0 Å². The van der Waals surface area contributed by atoms with Gasteiger partial charge in [-0.05, 0) is 69.2 Å². The molecule has 0 bridgehead atoms. The fourth-order valence-electron chi connectivity index (χ4n) is 4.84. The maximum absolute atomic E-state index is 13.3. The van der Waals surface area contributed by atoms with Crippen LogP contribution in [0.2, 0.25) is 0 Å². The molecule has 3 aromatic rings. The average Bonchev–Trinajstić information content (AvgIpc) is 3.61. The average molecular weight is 389 g/mol. The van der Waals surface area contributed by atoms with Gasteiger partial charge in [-0.1, -0.05) is 30.3 Å². The number of nitrogens with zero attached hydrogens (tertiary/aromatic N) is 1. The van der Waals surface area contributed by atoms with Gasteiger partial charge in [-0.2, -0.15) is 0 Å². The van der Waals surface area contributed by atoms with Crippen molar-refractivity contribution in [3.63, 3.8) is 0 Å². The molecule has 0 atom stereocenters. The molecule has 2 saturated carbocycles. The highest BCUT2D eigenvalue weighted by Gasteiger charge is 2.43. The van der Waals surface area contributed by atoms with E-state index in [1.54, 1.807) is 12.1 Å². The first-order valence-corrected chi connectivity index (χ1v) is 10.6. The SMILES string of the molecule is Cc1oc2c(CN(C)C(C3CC3)C3CC3)c(O)ccc2c(=O)c1-c1ccccc1. The zero-order chi connectivity index (χ0) is 20.1. The lowest BCUT2D eigenvalue weighted by molar-refractivity contribution is 0.185. The van der Waals surface area contributed by atoms with Gasteiger partial charge >= 0.3 is 0 Å². The van der Waals surface area contributed by atoms with Gasteiger partial charge in [0.1, 0.15) is 17.1 Å². The van der Waals surface area contributed by atoms with Crippen LogP contribution >= 0.6 is 0 Å². The van der Waals surface area contributed by atoms with Gasteiger partial charge in [0.05, 0.1) is 16.5 Å². The Labute approximate surface area is 170 Å². The number of hydrogen-bond acceptors (Lipinski definition) is 4. The molecule has 0 amide bonds. The van der Waals surface area contributed by atoms with Crippen molar-refractivity contribution in [1.29, 1.82) is 0 Å². The highest BCUT2D eigenvalue weighted by atomic mass is 16.3. The minimum absolute atomic E-state index is 0.0419. The summed E-state index contributed by atoms with van der Waals surface area (Å²) in [4.78, 5) is 15.7. The normalized spacial score (nSPS) is 16.8. The molecule has 1 N–H and O–H groups in total. The molecule has 0 aliphatic heterocycles. The molecule has 5 rings (SSSR count). The third-order valence-corrected chi connectivity index (χ3v) is 6.50. The first kappa shape index (κ1) is 18.4. The Kier molecular flexibility index (Phi) is 4.47. The second-order valence-corrected chi connectivity index (χ2v) is 8.75. The molecule has 1 heterocycles. The standard InChI is InChI=1S/C25H27NO3/c1-15-22(16-6-4-3-5-7-16)24(28)19-12-13-21(27)20(25(19)29-15)14-26(2)23(17-8-9-17)18-10-11-18/h3-7,12-13,17-18,23,27H,8-11,14H2,1-2H3. The van der Waals surface area contributed by atoms with E-state index in [1.807, 2.05) is 37.3 Å². The maximum atomic E-state index is 13.3. The summed E-state index contributed by atoms with van der Waals surface area (Å²) in [5, 5.41) is 11.2. The molecule has 2 aromatic carbocycles. The summed E-state index contributed by atoms with van der Waals surface area (Å²) in [5.41, 5.74) is 2.65. The summed E-state index contributed by atoms with van der Waals surface area (Å²) in [6.07, 6.45) is 5.23. The second kappa shape index (κ2) is 7.03. The van der Waals surface area contributed by atoms with E-state index >= 15 is 0 Å². The van der Waals surface area contributed by atoms with Crippen LogP contribution in [0, 0.1) is 18.8 Å². The molecule has 2 fully saturated rings. The van der Waals surface area contributed by atoms with Crippen LogP contribution in [0.15, 0.2) is 51.7 Å². The van der Waals surface area contributed by atoms with Crippen molar-refractivity contribution in [2.24, 2.45) is 11.8 Å². The van der Waals surface area contributed by atoms with Crippen molar-refractivity contribution in [2.45, 2.75) is 45.2 Å². The molecule has 2 aliphatic rings. The van der Waals surface area contributed by atoms with Crippen LogP contribution in [0.1, 0.15) is 37.0 Å². The maximum Gasteiger partial charge on any atom is 0.200 e. The van der Waals surface area contributed by atoms with E-state index in [2.05, 4.69) is 11.9 Å². The third-order valence-electron chi connectivity index (χ3n) is 6.50. The molecule has 29 heavy (non-hydrogen) atoms. The van der Waals surface area contributed by atoms with Crippen molar-refractivity contribution in [2.75, 3.05) is 7.05 Å². The number of hydrogen-bond donors (Lipinski definition) is 1.